The summed E-state index contributed by atoms with van der Waals surface area (Å²) in [6.45, 7) is 2.27. The summed E-state index contributed by atoms with van der Waals surface area (Å²) in [5, 5.41) is 2.65. The predicted octanol–water partition coefficient (Wildman–Crippen LogP) is 1.75. The van der Waals surface area contributed by atoms with E-state index in [-0.39, 0.29) is 68.5 Å². The largest absolute Gasteiger partial charge is 0.469 e. The Morgan fingerprint density at radius 3 is 2.55 bits per heavy atom. The molecule has 15 heteroatoms. The Labute approximate surface area is 239 Å². The Morgan fingerprint density at radius 2 is 1.88 bits per heavy atom. The van der Waals surface area contributed by atoms with Crippen molar-refractivity contribution in [1.82, 2.24) is 24.6 Å². The second-order valence-corrected chi connectivity index (χ2v) is 9.96. The van der Waals surface area contributed by atoms with Crippen LogP contribution in [-0.2, 0) is 19.1 Å². The van der Waals surface area contributed by atoms with Gasteiger partial charge in [0.2, 0.25) is 5.91 Å². The molecule has 13 nitrogen and oxygen atoms in total. The third-order valence-corrected chi connectivity index (χ3v) is 7.21. The lowest BCUT2D eigenvalue weighted by molar-refractivity contribution is -0.141. The standard InChI is InChI=1S/C27H29F2N7O6/c1-16(31-25(38)21-15-35-6-5-30-13-22(35)32-21)26(39)34-9-7-33(8-10-34)24-19(28)11-17(12-20(24)29)36-14-18(42-27(36)40)3-4-23(37)41-2/h5-6,11-13,15-16,18H,3-4,7-10,14H2,1-2H3,(H,31,38)/t16-,18-/m0/s1. The fourth-order valence-corrected chi connectivity index (χ4v) is 4.98. The van der Waals surface area contributed by atoms with E-state index in [9.17, 15) is 19.2 Å². The van der Waals surface area contributed by atoms with E-state index in [2.05, 4.69) is 20.0 Å². The van der Waals surface area contributed by atoms with E-state index in [1.807, 2.05) is 0 Å². The van der Waals surface area contributed by atoms with Crippen LogP contribution in [0.3, 0.4) is 0 Å². The number of hydrogen-bond donors (Lipinski definition) is 1. The molecule has 1 N–H and O–H groups in total. The van der Waals surface area contributed by atoms with Gasteiger partial charge in [-0.25, -0.2) is 18.6 Å². The van der Waals surface area contributed by atoms with Gasteiger partial charge in [-0.3, -0.25) is 24.3 Å². The van der Waals surface area contributed by atoms with Crippen LogP contribution in [0.2, 0.25) is 0 Å². The van der Waals surface area contributed by atoms with Gasteiger partial charge in [-0.2, -0.15) is 0 Å². The highest BCUT2D eigenvalue weighted by Gasteiger charge is 2.34. The lowest BCUT2D eigenvalue weighted by Gasteiger charge is -2.37. The van der Waals surface area contributed by atoms with Gasteiger partial charge in [0.15, 0.2) is 17.3 Å². The number of ether oxygens (including phenoxy) is 2. The molecule has 1 aromatic carbocycles. The summed E-state index contributed by atoms with van der Waals surface area (Å²) in [4.78, 5) is 61.6. The first kappa shape index (κ1) is 28.7. The average molecular weight is 586 g/mol. The van der Waals surface area contributed by atoms with Crippen molar-refractivity contribution < 1.29 is 37.4 Å². The number of fused-ring (bicyclic) bond motifs is 1. The monoisotopic (exact) mass is 585 g/mol. The quantitative estimate of drug-likeness (QED) is 0.392. The minimum Gasteiger partial charge on any atom is -0.469 e. The van der Waals surface area contributed by atoms with Crippen molar-refractivity contribution in [1.29, 1.82) is 0 Å². The summed E-state index contributed by atoms with van der Waals surface area (Å²) in [6, 6.07) is 1.27. The molecule has 2 aliphatic rings. The Balaban J connectivity index is 1.17. The first-order chi connectivity index (χ1) is 20.1. The van der Waals surface area contributed by atoms with Crippen molar-refractivity contribution in [3.8, 4) is 0 Å². The number of esters is 1. The maximum atomic E-state index is 15.2. The molecule has 2 saturated heterocycles. The number of carbonyl (C=O) groups is 4. The Bertz CT molecular complexity index is 1470. The molecule has 0 bridgehead atoms. The molecule has 4 heterocycles. The van der Waals surface area contributed by atoms with E-state index < -0.39 is 41.7 Å². The minimum absolute atomic E-state index is 0.000399. The van der Waals surface area contributed by atoms with Gasteiger partial charge in [-0.05, 0) is 13.3 Å². The molecule has 2 aliphatic heterocycles. The number of methoxy groups -OCH3 is 1. The Kier molecular flexibility index (Phi) is 8.17. The number of nitrogens with zero attached hydrogens (tertiary/aromatic N) is 6. The van der Waals surface area contributed by atoms with Crippen LogP contribution in [-0.4, -0.2) is 95.1 Å². The number of nitrogens with one attached hydrogen (secondary N) is 1. The van der Waals surface area contributed by atoms with Gasteiger partial charge in [0, 0.05) is 63.3 Å². The third kappa shape index (κ3) is 5.94. The fraction of sp³-hybridized carbons (Fsp3) is 0.407. The molecule has 2 atom stereocenters. The van der Waals surface area contributed by atoms with Crippen LogP contribution in [0.25, 0.3) is 5.65 Å². The zero-order chi connectivity index (χ0) is 30.0. The predicted molar refractivity (Wildman–Crippen MR) is 144 cm³/mol. The van der Waals surface area contributed by atoms with Crippen LogP contribution >= 0.6 is 0 Å². The molecule has 2 aromatic heterocycles. The zero-order valence-electron chi connectivity index (χ0n) is 23.0. The highest BCUT2D eigenvalue weighted by Crippen LogP contribution is 2.32. The topological polar surface area (TPSA) is 139 Å². The minimum atomic E-state index is -0.862. The van der Waals surface area contributed by atoms with Gasteiger partial charge in [-0.15, -0.1) is 0 Å². The number of benzene rings is 1. The molecular weight excluding hydrogens is 556 g/mol. The lowest BCUT2D eigenvalue weighted by Crippen LogP contribution is -2.54. The van der Waals surface area contributed by atoms with Crippen molar-refractivity contribution in [2.45, 2.75) is 31.9 Å². The number of hydrogen-bond acceptors (Lipinski definition) is 9. The summed E-state index contributed by atoms with van der Waals surface area (Å²) in [7, 11) is 1.25. The number of imidazole rings is 1. The van der Waals surface area contributed by atoms with Crippen LogP contribution in [0.4, 0.5) is 25.0 Å². The van der Waals surface area contributed by atoms with Crippen molar-refractivity contribution >= 4 is 40.9 Å². The van der Waals surface area contributed by atoms with Gasteiger partial charge in [-0.1, -0.05) is 0 Å². The number of rotatable bonds is 8. The first-order valence-electron chi connectivity index (χ1n) is 13.3. The van der Waals surface area contributed by atoms with Crippen LogP contribution in [0.5, 0.6) is 0 Å². The number of piperazine rings is 1. The van der Waals surface area contributed by atoms with Gasteiger partial charge in [0.05, 0.1) is 25.5 Å². The Hall–Kier alpha value is -4.82. The number of cyclic esters (lactones) is 1. The first-order valence-corrected chi connectivity index (χ1v) is 13.3. The summed E-state index contributed by atoms with van der Waals surface area (Å²) < 4.78 is 41.8. The highest BCUT2D eigenvalue weighted by molar-refractivity contribution is 5.96. The van der Waals surface area contributed by atoms with E-state index in [0.29, 0.717) is 5.65 Å². The molecule has 5 rings (SSSR count). The lowest BCUT2D eigenvalue weighted by atomic mass is 10.1. The van der Waals surface area contributed by atoms with E-state index in [4.69, 9.17) is 4.74 Å². The van der Waals surface area contributed by atoms with Crippen LogP contribution in [0, 0.1) is 11.6 Å². The molecule has 0 unspecified atom stereocenters. The number of amides is 3. The van der Waals surface area contributed by atoms with Crippen LogP contribution < -0.4 is 15.1 Å². The normalized spacial score (nSPS) is 17.8. The van der Waals surface area contributed by atoms with E-state index in [1.165, 1.54) is 29.3 Å². The summed E-state index contributed by atoms with van der Waals surface area (Å²) in [5.41, 5.74) is 0.370. The highest BCUT2D eigenvalue weighted by atomic mass is 19.1. The zero-order valence-corrected chi connectivity index (χ0v) is 23.0. The van der Waals surface area contributed by atoms with E-state index >= 15 is 8.78 Å². The second-order valence-electron chi connectivity index (χ2n) is 9.96. The van der Waals surface area contributed by atoms with Crippen molar-refractivity contribution in [3.05, 3.63) is 54.2 Å². The van der Waals surface area contributed by atoms with Gasteiger partial charge in [0.1, 0.15) is 23.5 Å². The SMILES string of the molecule is COC(=O)CC[C@H]1CN(c2cc(F)c(N3CCN(C(=O)[C@H](C)NC(=O)c4cn5ccncc5n4)CC3)c(F)c2)C(=O)O1. The van der Waals surface area contributed by atoms with Gasteiger partial charge in [0.25, 0.3) is 5.91 Å². The number of aromatic nitrogens is 3. The number of anilines is 2. The average Bonchev–Trinajstić information content (AvgIpc) is 3.59. The molecule has 0 aliphatic carbocycles. The molecule has 0 radical (unpaired) electrons. The molecule has 3 amide bonds. The second kappa shape index (κ2) is 12.0. The number of carbonyl (C=O) groups excluding carboxylic acids is 4. The maximum Gasteiger partial charge on any atom is 0.414 e. The Morgan fingerprint density at radius 1 is 1.17 bits per heavy atom. The smallest absolute Gasteiger partial charge is 0.414 e. The molecule has 3 aromatic rings. The number of halogens is 2. The van der Waals surface area contributed by atoms with Crippen molar-refractivity contribution in [2.75, 3.05) is 49.6 Å². The fourth-order valence-electron chi connectivity index (χ4n) is 4.98. The van der Waals surface area contributed by atoms with Crippen LogP contribution in [0.15, 0.2) is 36.9 Å². The van der Waals surface area contributed by atoms with E-state index in [1.54, 1.807) is 23.7 Å². The summed E-state index contributed by atoms with van der Waals surface area (Å²) in [6.07, 6.45) is 5.15. The molecule has 42 heavy (non-hydrogen) atoms. The molecule has 0 saturated carbocycles. The maximum absolute atomic E-state index is 15.2. The molecule has 2 fully saturated rings. The van der Waals surface area contributed by atoms with Gasteiger partial charge < -0.3 is 29.0 Å². The molecule has 222 valence electrons. The summed E-state index contributed by atoms with van der Waals surface area (Å²) in [5.74, 6) is -3.02. The molecule has 0 spiro atoms. The third-order valence-electron chi connectivity index (χ3n) is 7.21. The van der Waals surface area contributed by atoms with Crippen molar-refractivity contribution in [2.24, 2.45) is 0 Å². The summed E-state index contributed by atoms with van der Waals surface area (Å²) >= 11 is 0. The van der Waals surface area contributed by atoms with E-state index in [0.717, 1.165) is 17.0 Å². The molecular formula is C27H29F2N7O6. The van der Waals surface area contributed by atoms with Crippen molar-refractivity contribution in [3.63, 3.8) is 0 Å². The van der Waals surface area contributed by atoms with Crippen LogP contribution in [0.1, 0.15) is 30.3 Å². The van der Waals surface area contributed by atoms with Gasteiger partial charge >= 0.3 is 12.1 Å².